The SMILES string of the molecule is CCC(CC)Oc1ccc2c(c1)OC/C2=N\O. The smallest absolute Gasteiger partial charge is 0.134 e. The summed E-state index contributed by atoms with van der Waals surface area (Å²) in [4.78, 5) is 0. The molecule has 2 rings (SSSR count). The van der Waals surface area contributed by atoms with Gasteiger partial charge in [0.2, 0.25) is 0 Å². The molecule has 0 atom stereocenters. The number of hydrogen-bond acceptors (Lipinski definition) is 4. The Labute approximate surface area is 101 Å². The van der Waals surface area contributed by atoms with Gasteiger partial charge in [-0.2, -0.15) is 0 Å². The third-order valence-electron chi connectivity index (χ3n) is 2.96. The third-order valence-corrected chi connectivity index (χ3v) is 2.96. The van der Waals surface area contributed by atoms with Crippen LogP contribution < -0.4 is 9.47 Å². The summed E-state index contributed by atoms with van der Waals surface area (Å²) in [5.41, 5.74) is 1.40. The van der Waals surface area contributed by atoms with Gasteiger partial charge in [0.1, 0.15) is 23.8 Å². The fourth-order valence-electron chi connectivity index (χ4n) is 1.89. The summed E-state index contributed by atoms with van der Waals surface area (Å²) in [6, 6.07) is 5.61. The predicted octanol–water partition coefficient (Wildman–Crippen LogP) is 2.82. The van der Waals surface area contributed by atoms with Crippen molar-refractivity contribution in [2.75, 3.05) is 6.61 Å². The average molecular weight is 235 g/mol. The Morgan fingerprint density at radius 3 is 2.82 bits per heavy atom. The first-order valence-corrected chi connectivity index (χ1v) is 5.93. The first kappa shape index (κ1) is 11.8. The highest BCUT2D eigenvalue weighted by Gasteiger charge is 2.20. The molecule has 0 aromatic heterocycles. The van der Waals surface area contributed by atoms with Crippen LogP contribution in [-0.4, -0.2) is 23.6 Å². The molecule has 0 saturated heterocycles. The molecule has 0 unspecified atom stereocenters. The van der Waals surface area contributed by atoms with Gasteiger partial charge in [-0.3, -0.25) is 0 Å². The molecule has 0 bridgehead atoms. The fraction of sp³-hybridized carbons (Fsp3) is 0.462. The summed E-state index contributed by atoms with van der Waals surface area (Å²) in [7, 11) is 0. The Kier molecular flexibility index (Phi) is 3.52. The molecule has 4 heteroatoms. The quantitative estimate of drug-likeness (QED) is 0.645. The highest BCUT2D eigenvalue weighted by atomic mass is 16.5. The third kappa shape index (κ3) is 2.35. The Balaban J connectivity index is 2.18. The molecule has 0 radical (unpaired) electrons. The van der Waals surface area contributed by atoms with E-state index >= 15 is 0 Å². The molecule has 1 heterocycles. The van der Waals surface area contributed by atoms with E-state index in [1.807, 2.05) is 18.2 Å². The second kappa shape index (κ2) is 5.08. The van der Waals surface area contributed by atoms with E-state index in [-0.39, 0.29) is 6.10 Å². The highest BCUT2D eigenvalue weighted by molar-refractivity contribution is 6.05. The summed E-state index contributed by atoms with van der Waals surface area (Å²) < 4.78 is 11.2. The van der Waals surface area contributed by atoms with E-state index in [0.717, 1.165) is 29.9 Å². The summed E-state index contributed by atoms with van der Waals surface area (Å²) in [5.74, 6) is 1.53. The number of benzene rings is 1. The number of rotatable bonds is 4. The lowest BCUT2D eigenvalue weighted by Crippen LogP contribution is -2.13. The van der Waals surface area contributed by atoms with Crippen molar-refractivity contribution in [3.63, 3.8) is 0 Å². The summed E-state index contributed by atoms with van der Waals surface area (Å²) in [5, 5.41) is 12.0. The lowest BCUT2D eigenvalue weighted by atomic mass is 10.1. The van der Waals surface area contributed by atoms with Gasteiger partial charge >= 0.3 is 0 Å². The maximum absolute atomic E-state index is 8.78. The van der Waals surface area contributed by atoms with E-state index in [2.05, 4.69) is 19.0 Å². The fourth-order valence-corrected chi connectivity index (χ4v) is 1.89. The van der Waals surface area contributed by atoms with Crippen LogP contribution in [0, 0.1) is 0 Å². The number of nitrogens with zero attached hydrogens (tertiary/aromatic N) is 1. The second-order valence-electron chi connectivity index (χ2n) is 4.05. The van der Waals surface area contributed by atoms with Gasteiger partial charge in [0.25, 0.3) is 0 Å². The maximum atomic E-state index is 8.78. The van der Waals surface area contributed by atoms with Crippen LogP contribution in [0.1, 0.15) is 32.3 Å². The molecule has 1 aliphatic heterocycles. The van der Waals surface area contributed by atoms with Crippen LogP contribution >= 0.6 is 0 Å². The summed E-state index contributed by atoms with van der Waals surface area (Å²) in [6.45, 7) is 4.53. The van der Waals surface area contributed by atoms with E-state index in [1.165, 1.54) is 0 Å². The molecule has 0 aliphatic carbocycles. The zero-order chi connectivity index (χ0) is 12.3. The van der Waals surface area contributed by atoms with E-state index in [0.29, 0.717) is 12.3 Å². The van der Waals surface area contributed by atoms with Crippen LogP contribution in [0.4, 0.5) is 0 Å². The van der Waals surface area contributed by atoms with Crippen molar-refractivity contribution in [1.82, 2.24) is 0 Å². The largest absolute Gasteiger partial charge is 0.490 e. The van der Waals surface area contributed by atoms with Gasteiger partial charge in [-0.15, -0.1) is 0 Å². The van der Waals surface area contributed by atoms with Crippen LogP contribution in [-0.2, 0) is 0 Å². The van der Waals surface area contributed by atoms with Crippen molar-refractivity contribution >= 4 is 5.71 Å². The van der Waals surface area contributed by atoms with Crippen molar-refractivity contribution in [3.8, 4) is 11.5 Å². The Hall–Kier alpha value is -1.71. The molecule has 0 fully saturated rings. The Morgan fingerprint density at radius 2 is 2.18 bits per heavy atom. The maximum Gasteiger partial charge on any atom is 0.134 e. The molecule has 0 amide bonds. The van der Waals surface area contributed by atoms with Crippen molar-refractivity contribution < 1.29 is 14.7 Å². The van der Waals surface area contributed by atoms with Gasteiger partial charge in [-0.25, -0.2) is 0 Å². The van der Waals surface area contributed by atoms with Gasteiger partial charge < -0.3 is 14.7 Å². The molecule has 1 N–H and O–H groups in total. The molecule has 1 aliphatic rings. The standard InChI is InChI=1S/C13H17NO3/c1-3-9(4-2)17-10-5-6-11-12(14-15)8-16-13(11)7-10/h5-7,9,15H,3-4,8H2,1-2H3/b14-12+. The minimum atomic E-state index is 0.237. The zero-order valence-corrected chi connectivity index (χ0v) is 10.1. The number of ether oxygens (including phenoxy) is 2. The van der Waals surface area contributed by atoms with Crippen LogP contribution in [0.5, 0.6) is 11.5 Å². The van der Waals surface area contributed by atoms with E-state index in [1.54, 1.807) is 0 Å². The van der Waals surface area contributed by atoms with Crippen molar-refractivity contribution in [1.29, 1.82) is 0 Å². The molecule has 0 saturated carbocycles. The molecular weight excluding hydrogens is 218 g/mol. The minimum Gasteiger partial charge on any atom is -0.490 e. The van der Waals surface area contributed by atoms with Crippen LogP contribution in [0.2, 0.25) is 0 Å². The van der Waals surface area contributed by atoms with Gasteiger partial charge in [0, 0.05) is 11.6 Å². The van der Waals surface area contributed by atoms with Gasteiger partial charge in [0.15, 0.2) is 0 Å². The lowest BCUT2D eigenvalue weighted by Gasteiger charge is -2.15. The first-order valence-electron chi connectivity index (χ1n) is 5.93. The summed E-state index contributed by atoms with van der Waals surface area (Å²) in [6.07, 6.45) is 2.20. The van der Waals surface area contributed by atoms with Crippen molar-refractivity contribution in [3.05, 3.63) is 23.8 Å². The lowest BCUT2D eigenvalue weighted by molar-refractivity contribution is 0.192. The second-order valence-corrected chi connectivity index (χ2v) is 4.05. The molecule has 17 heavy (non-hydrogen) atoms. The average Bonchev–Trinajstić information content (AvgIpc) is 2.78. The number of hydrogen-bond donors (Lipinski definition) is 1. The number of oxime groups is 1. The van der Waals surface area contributed by atoms with Crippen LogP contribution in [0.25, 0.3) is 0 Å². The monoisotopic (exact) mass is 235 g/mol. The molecule has 1 aromatic rings. The Bertz CT molecular complexity index is 425. The molecule has 1 aromatic carbocycles. The predicted molar refractivity (Wildman–Crippen MR) is 65.3 cm³/mol. The zero-order valence-electron chi connectivity index (χ0n) is 10.1. The Morgan fingerprint density at radius 1 is 1.41 bits per heavy atom. The van der Waals surface area contributed by atoms with Gasteiger partial charge in [-0.05, 0) is 25.0 Å². The first-order chi connectivity index (χ1) is 8.28. The minimum absolute atomic E-state index is 0.237. The topological polar surface area (TPSA) is 51.0 Å². The molecule has 92 valence electrons. The van der Waals surface area contributed by atoms with E-state index in [4.69, 9.17) is 14.7 Å². The van der Waals surface area contributed by atoms with Gasteiger partial charge in [0.05, 0.1) is 6.10 Å². The van der Waals surface area contributed by atoms with Crippen LogP contribution in [0.3, 0.4) is 0 Å². The molecule has 0 spiro atoms. The van der Waals surface area contributed by atoms with Crippen LogP contribution in [0.15, 0.2) is 23.4 Å². The van der Waals surface area contributed by atoms with Crippen molar-refractivity contribution in [2.24, 2.45) is 5.16 Å². The number of fused-ring (bicyclic) bond motifs is 1. The molecular formula is C13H17NO3. The van der Waals surface area contributed by atoms with E-state index in [9.17, 15) is 0 Å². The highest BCUT2D eigenvalue weighted by Crippen LogP contribution is 2.30. The summed E-state index contributed by atoms with van der Waals surface area (Å²) >= 11 is 0. The normalized spacial score (nSPS) is 16.1. The molecule has 4 nitrogen and oxygen atoms in total. The van der Waals surface area contributed by atoms with Gasteiger partial charge in [-0.1, -0.05) is 19.0 Å². The van der Waals surface area contributed by atoms with E-state index < -0.39 is 0 Å². The van der Waals surface area contributed by atoms with Crippen molar-refractivity contribution in [2.45, 2.75) is 32.8 Å².